The Morgan fingerprint density at radius 3 is 2.88 bits per heavy atom. The maximum absolute atomic E-state index is 11.7. The van der Waals surface area contributed by atoms with Gasteiger partial charge in [-0.15, -0.1) is 0 Å². The van der Waals surface area contributed by atoms with Gasteiger partial charge in [0.1, 0.15) is 11.5 Å². The number of benzene rings is 1. The predicted octanol–water partition coefficient (Wildman–Crippen LogP) is 5.41. The van der Waals surface area contributed by atoms with Crippen molar-refractivity contribution in [2.24, 2.45) is 5.10 Å². The predicted molar refractivity (Wildman–Crippen MR) is 104 cm³/mol. The highest BCUT2D eigenvalue weighted by atomic mass is 79.9. The minimum atomic E-state index is -0.407. The first-order chi connectivity index (χ1) is 11.5. The maximum atomic E-state index is 11.7. The highest BCUT2D eigenvalue weighted by Gasteiger charge is 2.15. The summed E-state index contributed by atoms with van der Waals surface area (Å²) in [4.78, 5) is 11.7. The number of hydrazone groups is 1. The number of allylic oxidation sites excluding steroid dienone is 1. The van der Waals surface area contributed by atoms with Crippen LogP contribution in [0.2, 0.25) is 5.02 Å². The number of carbonyl (C=O) groups is 1. The summed E-state index contributed by atoms with van der Waals surface area (Å²) in [5.74, 6) is 0.716. The lowest BCUT2D eigenvalue weighted by Gasteiger charge is -2.11. The maximum Gasteiger partial charge on any atom is 0.277 e. The first-order valence-electron chi connectivity index (χ1n) is 6.47. The average molecular weight is 541 g/mol. The zero-order valence-electron chi connectivity index (χ0n) is 11.9. The number of furan rings is 1. The Labute approximate surface area is 168 Å². The third kappa shape index (κ3) is 5.47. The standard InChI is InChI=1S/C15H10Br3ClN2O3/c16-10-7-11(17)15(13(18)14(10)19)24-8-12(22)21-20-5-1-3-9-4-2-6-23-9/h1-7H,8H2,(H,21,22)/b3-1+,20-5?. The van der Waals surface area contributed by atoms with Gasteiger partial charge in [0.15, 0.2) is 6.61 Å². The largest absolute Gasteiger partial charge is 0.481 e. The topological polar surface area (TPSA) is 63.8 Å². The molecule has 1 aromatic heterocycles. The smallest absolute Gasteiger partial charge is 0.277 e. The van der Waals surface area contributed by atoms with Crippen molar-refractivity contribution in [1.29, 1.82) is 0 Å². The first-order valence-corrected chi connectivity index (χ1v) is 9.22. The van der Waals surface area contributed by atoms with Gasteiger partial charge in [0.2, 0.25) is 0 Å². The first kappa shape index (κ1) is 19.2. The average Bonchev–Trinajstić information content (AvgIpc) is 3.05. The molecule has 0 aliphatic heterocycles. The number of halogens is 4. The quantitative estimate of drug-likeness (QED) is 0.230. The van der Waals surface area contributed by atoms with Crippen molar-refractivity contribution in [3.05, 3.63) is 54.7 Å². The molecule has 9 heteroatoms. The van der Waals surface area contributed by atoms with Crippen LogP contribution in [0.4, 0.5) is 0 Å². The third-order valence-electron chi connectivity index (χ3n) is 2.57. The normalized spacial score (nSPS) is 11.3. The fourth-order valence-electron chi connectivity index (χ4n) is 1.53. The molecular weight excluding hydrogens is 531 g/mol. The molecule has 0 fully saturated rings. The van der Waals surface area contributed by atoms with Crippen LogP contribution in [0.3, 0.4) is 0 Å². The van der Waals surface area contributed by atoms with Crippen LogP contribution < -0.4 is 10.2 Å². The Bertz CT molecular complexity index is 777. The van der Waals surface area contributed by atoms with Crippen LogP contribution in [0.15, 0.2) is 53.5 Å². The molecule has 0 unspecified atom stereocenters. The molecule has 1 aromatic carbocycles. The molecule has 24 heavy (non-hydrogen) atoms. The van der Waals surface area contributed by atoms with Gasteiger partial charge in [0.05, 0.1) is 20.2 Å². The Kier molecular flexibility index (Phi) is 7.54. The fraction of sp³-hybridized carbons (Fsp3) is 0.0667. The van der Waals surface area contributed by atoms with Crippen LogP contribution in [0.25, 0.3) is 6.08 Å². The van der Waals surface area contributed by atoms with E-state index in [0.717, 1.165) is 0 Å². The van der Waals surface area contributed by atoms with Crippen molar-refractivity contribution in [1.82, 2.24) is 5.43 Å². The van der Waals surface area contributed by atoms with Crippen molar-refractivity contribution in [3.63, 3.8) is 0 Å². The van der Waals surface area contributed by atoms with Crippen LogP contribution in [-0.2, 0) is 4.79 Å². The summed E-state index contributed by atoms with van der Waals surface area (Å²) in [5, 5.41) is 4.22. The number of amides is 1. The molecule has 126 valence electrons. The van der Waals surface area contributed by atoms with Crippen LogP contribution in [0.5, 0.6) is 5.75 Å². The van der Waals surface area contributed by atoms with E-state index in [4.69, 9.17) is 20.8 Å². The Balaban J connectivity index is 1.84. The molecular formula is C15H10Br3ClN2O3. The third-order valence-corrected chi connectivity index (χ3v) is 5.39. The van der Waals surface area contributed by atoms with E-state index in [2.05, 4.69) is 58.3 Å². The van der Waals surface area contributed by atoms with Crippen molar-refractivity contribution in [3.8, 4) is 5.75 Å². The molecule has 1 heterocycles. The van der Waals surface area contributed by atoms with Gasteiger partial charge in [0, 0.05) is 10.7 Å². The lowest BCUT2D eigenvalue weighted by Crippen LogP contribution is -2.24. The number of rotatable bonds is 6. The van der Waals surface area contributed by atoms with Gasteiger partial charge in [-0.25, -0.2) is 5.43 Å². The van der Waals surface area contributed by atoms with E-state index in [9.17, 15) is 4.79 Å². The molecule has 2 aromatic rings. The van der Waals surface area contributed by atoms with E-state index < -0.39 is 5.91 Å². The van der Waals surface area contributed by atoms with E-state index >= 15 is 0 Å². The number of ether oxygens (including phenoxy) is 1. The number of nitrogens with zero attached hydrogens (tertiary/aromatic N) is 1. The number of carbonyl (C=O) groups excluding carboxylic acids is 1. The molecule has 0 saturated heterocycles. The van der Waals surface area contributed by atoms with Gasteiger partial charge in [-0.1, -0.05) is 11.6 Å². The molecule has 0 radical (unpaired) electrons. The second kappa shape index (κ2) is 9.41. The SMILES string of the molecule is O=C(COc1c(Br)cc(Br)c(Cl)c1Br)NN=C/C=C/c1ccco1. The van der Waals surface area contributed by atoms with Gasteiger partial charge in [0.25, 0.3) is 5.91 Å². The number of hydrogen-bond acceptors (Lipinski definition) is 4. The molecule has 0 bridgehead atoms. The molecule has 0 atom stereocenters. The van der Waals surface area contributed by atoms with Gasteiger partial charge >= 0.3 is 0 Å². The Hall–Kier alpha value is -1.09. The molecule has 0 aliphatic carbocycles. The van der Waals surface area contributed by atoms with E-state index in [1.165, 1.54) is 6.21 Å². The second-order valence-corrected chi connectivity index (χ2v) is 7.15. The van der Waals surface area contributed by atoms with Gasteiger partial charge in [-0.2, -0.15) is 5.10 Å². The van der Waals surface area contributed by atoms with E-state index in [1.54, 1.807) is 36.6 Å². The van der Waals surface area contributed by atoms with Crippen LogP contribution in [0.1, 0.15) is 5.76 Å². The zero-order valence-corrected chi connectivity index (χ0v) is 17.4. The van der Waals surface area contributed by atoms with E-state index in [-0.39, 0.29) is 6.61 Å². The van der Waals surface area contributed by atoms with Gasteiger partial charge in [-0.3, -0.25) is 4.79 Å². The Morgan fingerprint density at radius 2 is 2.17 bits per heavy atom. The summed E-state index contributed by atoms with van der Waals surface area (Å²) in [6.45, 7) is -0.214. The van der Waals surface area contributed by atoms with Gasteiger partial charge in [-0.05, 0) is 78.1 Å². The van der Waals surface area contributed by atoms with E-state index in [0.29, 0.717) is 30.0 Å². The highest BCUT2D eigenvalue weighted by Crippen LogP contribution is 2.42. The molecule has 5 nitrogen and oxygen atoms in total. The molecule has 2 rings (SSSR count). The fourth-order valence-corrected chi connectivity index (χ4v) is 4.02. The molecule has 0 aliphatic rings. The van der Waals surface area contributed by atoms with Crippen molar-refractivity contribution < 1.29 is 13.9 Å². The summed E-state index contributed by atoms with van der Waals surface area (Å²) >= 11 is 16.1. The zero-order chi connectivity index (χ0) is 17.5. The lowest BCUT2D eigenvalue weighted by molar-refractivity contribution is -0.123. The molecule has 1 N–H and O–H groups in total. The molecule has 1 amide bonds. The van der Waals surface area contributed by atoms with Crippen molar-refractivity contribution in [2.75, 3.05) is 6.61 Å². The van der Waals surface area contributed by atoms with Crippen LogP contribution in [-0.4, -0.2) is 18.7 Å². The summed E-state index contributed by atoms with van der Waals surface area (Å²) in [7, 11) is 0. The minimum absolute atomic E-state index is 0.214. The monoisotopic (exact) mass is 538 g/mol. The van der Waals surface area contributed by atoms with Gasteiger partial charge < -0.3 is 9.15 Å². The number of hydrogen-bond donors (Lipinski definition) is 1. The van der Waals surface area contributed by atoms with Crippen LogP contribution >= 0.6 is 59.4 Å². The van der Waals surface area contributed by atoms with Crippen molar-refractivity contribution >= 4 is 77.6 Å². The Morgan fingerprint density at radius 1 is 1.38 bits per heavy atom. The summed E-state index contributed by atoms with van der Waals surface area (Å²) in [6.07, 6.45) is 6.36. The van der Waals surface area contributed by atoms with E-state index in [1.807, 2.05) is 0 Å². The highest BCUT2D eigenvalue weighted by molar-refractivity contribution is 9.11. The summed E-state index contributed by atoms with van der Waals surface area (Å²) in [5.41, 5.74) is 2.35. The second-order valence-electron chi connectivity index (χ2n) is 4.27. The minimum Gasteiger partial charge on any atom is -0.481 e. The number of nitrogens with one attached hydrogen (secondary N) is 1. The summed E-state index contributed by atoms with van der Waals surface area (Å²) in [6, 6.07) is 5.31. The molecule has 0 saturated carbocycles. The van der Waals surface area contributed by atoms with Crippen LogP contribution in [0, 0.1) is 0 Å². The van der Waals surface area contributed by atoms with Crippen molar-refractivity contribution in [2.45, 2.75) is 0 Å². The summed E-state index contributed by atoms with van der Waals surface area (Å²) < 4.78 is 12.5. The molecule has 0 spiro atoms. The lowest BCUT2D eigenvalue weighted by atomic mass is 10.3.